The Morgan fingerprint density at radius 3 is 2.56 bits per heavy atom. The van der Waals surface area contributed by atoms with Crippen LogP contribution >= 0.6 is 0 Å². The number of carbonyl (C=O) groups excluding carboxylic acids is 2. The number of nitrogens with one attached hydrogen (secondary N) is 2. The van der Waals surface area contributed by atoms with E-state index in [0.29, 0.717) is 18.8 Å². The highest BCUT2D eigenvalue weighted by atomic mass is 19.3. The molecule has 0 saturated heterocycles. The minimum absolute atomic E-state index is 0.0760. The van der Waals surface area contributed by atoms with Crippen LogP contribution in [0.15, 0.2) is 18.3 Å². The first-order valence-corrected chi connectivity index (χ1v) is 10.6. The van der Waals surface area contributed by atoms with E-state index in [1.54, 1.807) is 6.20 Å². The van der Waals surface area contributed by atoms with Crippen molar-refractivity contribution >= 4 is 23.1 Å². The minimum atomic E-state index is -2.76. The number of hydrogen-bond donors (Lipinski definition) is 2. The maximum atomic E-state index is 13.6. The summed E-state index contributed by atoms with van der Waals surface area (Å²) in [4.78, 5) is 29.8. The molecular weight excluding hydrogens is 420 g/mol. The van der Waals surface area contributed by atoms with Crippen molar-refractivity contribution in [3.63, 3.8) is 0 Å². The van der Waals surface area contributed by atoms with E-state index in [0.717, 1.165) is 17.4 Å². The summed E-state index contributed by atoms with van der Waals surface area (Å²) in [5.74, 6) is -0.624. The first kappa shape index (κ1) is 21.8. The van der Waals surface area contributed by atoms with E-state index in [1.807, 2.05) is 20.8 Å². The molecule has 0 aromatic carbocycles. The fourth-order valence-electron chi connectivity index (χ4n) is 3.28. The first-order valence-electron chi connectivity index (χ1n) is 10.6. The molecule has 0 bridgehead atoms. The van der Waals surface area contributed by atoms with Gasteiger partial charge in [0.2, 0.25) is 0 Å². The Labute approximate surface area is 183 Å². The summed E-state index contributed by atoms with van der Waals surface area (Å²) in [7, 11) is 0. The van der Waals surface area contributed by atoms with Gasteiger partial charge in [-0.15, -0.1) is 0 Å². The van der Waals surface area contributed by atoms with Crippen LogP contribution in [0.4, 0.5) is 14.5 Å². The van der Waals surface area contributed by atoms with Crippen molar-refractivity contribution in [3.05, 3.63) is 41.1 Å². The maximum Gasteiger partial charge on any atom is 0.280 e. The van der Waals surface area contributed by atoms with E-state index >= 15 is 0 Å². The van der Waals surface area contributed by atoms with Gasteiger partial charge >= 0.3 is 0 Å². The molecule has 170 valence electrons. The number of nitrogens with zero attached hydrogens (tertiary/aromatic N) is 5. The van der Waals surface area contributed by atoms with Crippen molar-refractivity contribution in [1.82, 2.24) is 29.7 Å². The number of alkyl halides is 2. The molecule has 1 saturated carbocycles. The predicted molar refractivity (Wildman–Crippen MR) is 113 cm³/mol. The molecule has 9 nitrogen and oxygen atoms in total. The molecule has 2 N–H and O–H groups in total. The highest BCUT2D eigenvalue weighted by Gasteiger charge is 2.29. The fourth-order valence-corrected chi connectivity index (χ4v) is 3.28. The van der Waals surface area contributed by atoms with Gasteiger partial charge in [-0.2, -0.15) is 10.2 Å². The molecule has 4 rings (SSSR count). The average Bonchev–Trinajstić information content (AvgIpc) is 3.38. The third-order valence-corrected chi connectivity index (χ3v) is 5.15. The van der Waals surface area contributed by atoms with Gasteiger partial charge in [-0.25, -0.2) is 18.3 Å². The van der Waals surface area contributed by atoms with Gasteiger partial charge in [0.1, 0.15) is 5.69 Å². The highest BCUT2D eigenvalue weighted by Crippen LogP contribution is 2.40. The lowest BCUT2D eigenvalue weighted by Crippen LogP contribution is -2.28. The maximum absolute atomic E-state index is 13.6. The zero-order valence-electron chi connectivity index (χ0n) is 18.1. The smallest absolute Gasteiger partial charge is 0.280 e. The van der Waals surface area contributed by atoms with Crippen LogP contribution in [0.5, 0.6) is 0 Å². The van der Waals surface area contributed by atoms with Gasteiger partial charge in [0.15, 0.2) is 17.0 Å². The van der Waals surface area contributed by atoms with Crippen molar-refractivity contribution in [2.24, 2.45) is 5.92 Å². The Kier molecular flexibility index (Phi) is 5.90. The average molecular weight is 445 g/mol. The number of aryl methyl sites for hydroxylation is 1. The van der Waals surface area contributed by atoms with Gasteiger partial charge in [-0.05, 0) is 31.7 Å². The molecule has 1 fully saturated rings. The molecule has 3 aromatic heterocycles. The van der Waals surface area contributed by atoms with Crippen LogP contribution in [0.25, 0.3) is 5.65 Å². The molecular formula is C21H25F2N7O2. The standard InChI is InChI=1S/C21H25F2N7O2/c1-4-29-10-15(18(28-29)21(32)24-9-11(2)3)26-20(31)14-8-17-25-13(12-5-6-12)7-16(19(22)23)30(17)27-14/h7-8,10-12,19H,4-6,9H2,1-3H3,(H,24,32)(H,26,31). The van der Waals surface area contributed by atoms with E-state index in [-0.39, 0.29) is 40.3 Å². The summed E-state index contributed by atoms with van der Waals surface area (Å²) in [6, 6.07) is 2.72. The molecule has 1 aliphatic rings. The van der Waals surface area contributed by atoms with Crippen molar-refractivity contribution in [1.29, 1.82) is 0 Å². The number of fused-ring (bicyclic) bond motifs is 1. The van der Waals surface area contributed by atoms with E-state index in [4.69, 9.17) is 0 Å². The molecule has 3 heterocycles. The molecule has 0 radical (unpaired) electrons. The lowest BCUT2D eigenvalue weighted by Gasteiger charge is -2.07. The molecule has 2 amide bonds. The minimum Gasteiger partial charge on any atom is -0.350 e. The number of carbonyl (C=O) groups is 2. The SMILES string of the molecule is CCn1cc(NC(=O)c2cc3nc(C4CC4)cc(C(F)F)n3n2)c(C(=O)NCC(C)C)n1. The van der Waals surface area contributed by atoms with Gasteiger partial charge in [0, 0.05) is 37.0 Å². The molecule has 1 aliphatic carbocycles. The second-order valence-electron chi connectivity index (χ2n) is 8.29. The van der Waals surface area contributed by atoms with Crippen LogP contribution in [-0.2, 0) is 6.54 Å². The number of aromatic nitrogens is 5. The van der Waals surface area contributed by atoms with Gasteiger partial charge in [-0.1, -0.05) is 13.8 Å². The lowest BCUT2D eigenvalue weighted by molar-refractivity contribution is 0.0944. The van der Waals surface area contributed by atoms with Crippen molar-refractivity contribution in [3.8, 4) is 0 Å². The fraction of sp³-hybridized carbons (Fsp3) is 0.476. The van der Waals surface area contributed by atoms with Crippen LogP contribution in [0.1, 0.15) is 78.3 Å². The number of halogens is 2. The van der Waals surface area contributed by atoms with Crippen LogP contribution in [0.3, 0.4) is 0 Å². The molecule has 11 heteroatoms. The summed E-state index contributed by atoms with van der Waals surface area (Å²) >= 11 is 0. The van der Waals surface area contributed by atoms with Crippen LogP contribution < -0.4 is 10.6 Å². The van der Waals surface area contributed by atoms with Gasteiger partial charge in [0.25, 0.3) is 18.2 Å². The summed E-state index contributed by atoms with van der Waals surface area (Å²) in [6.45, 7) is 6.75. The number of hydrogen-bond acceptors (Lipinski definition) is 5. The molecule has 32 heavy (non-hydrogen) atoms. The third-order valence-electron chi connectivity index (χ3n) is 5.15. The van der Waals surface area contributed by atoms with Crippen LogP contribution in [0, 0.1) is 5.92 Å². The topological polar surface area (TPSA) is 106 Å². The normalized spacial score (nSPS) is 13.8. The van der Waals surface area contributed by atoms with Crippen LogP contribution in [0.2, 0.25) is 0 Å². The molecule has 0 spiro atoms. The predicted octanol–water partition coefficient (Wildman–Crippen LogP) is 3.40. The Hall–Kier alpha value is -3.37. The van der Waals surface area contributed by atoms with Crippen molar-refractivity contribution < 1.29 is 18.4 Å². The molecule has 0 atom stereocenters. The van der Waals surface area contributed by atoms with Crippen molar-refractivity contribution in [2.45, 2.75) is 52.5 Å². The van der Waals surface area contributed by atoms with Crippen molar-refractivity contribution in [2.75, 3.05) is 11.9 Å². The molecule has 0 unspecified atom stereocenters. The Morgan fingerprint density at radius 1 is 1.19 bits per heavy atom. The van der Waals surface area contributed by atoms with Gasteiger partial charge in [0.05, 0.1) is 5.69 Å². The lowest BCUT2D eigenvalue weighted by atomic mass is 10.2. The second-order valence-corrected chi connectivity index (χ2v) is 8.29. The number of rotatable bonds is 8. The highest BCUT2D eigenvalue weighted by molar-refractivity contribution is 6.07. The van der Waals surface area contributed by atoms with Crippen LogP contribution in [-0.4, -0.2) is 42.7 Å². The molecule has 3 aromatic rings. The number of anilines is 1. The van der Waals surface area contributed by atoms with E-state index < -0.39 is 18.2 Å². The second kappa shape index (κ2) is 8.64. The monoisotopic (exact) mass is 445 g/mol. The summed E-state index contributed by atoms with van der Waals surface area (Å²) in [6.07, 6.45) is 0.617. The van der Waals surface area contributed by atoms with E-state index in [2.05, 4.69) is 25.8 Å². The summed E-state index contributed by atoms with van der Waals surface area (Å²) < 4.78 is 29.7. The Balaban J connectivity index is 1.62. The van der Waals surface area contributed by atoms with Gasteiger partial charge < -0.3 is 10.6 Å². The van der Waals surface area contributed by atoms with E-state index in [1.165, 1.54) is 16.8 Å². The first-order chi connectivity index (χ1) is 15.3. The summed E-state index contributed by atoms with van der Waals surface area (Å²) in [5, 5.41) is 13.7. The molecule has 0 aliphatic heterocycles. The van der Waals surface area contributed by atoms with E-state index in [9.17, 15) is 18.4 Å². The quantitative estimate of drug-likeness (QED) is 0.553. The zero-order chi connectivity index (χ0) is 23.0. The number of amides is 2. The Morgan fingerprint density at radius 2 is 1.94 bits per heavy atom. The largest absolute Gasteiger partial charge is 0.350 e. The summed E-state index contributed by atoms with van der Waals surface area (Å²) in [5.41, 5.74) is 0.693. The third kappa shape index (κ3) is 4.46. The van der Waals surface area contributed by atoms with Gasteiger partial charge in [-0.3, -0.25) is 14.3 Å². The Bertz CT molecular complexity index is 1160. The zero-order valence-corrected chi connectivity index (χ0v) is 18.1.